The number of carbonyl (C=O) groups excluding carboxylic acids is 1. The van der Waals surface area contributed by atoms with Crippen molar-refractivity contribution in [3.8, 4) is 0 Å². The maximum absolute atomic E-state index is 11.7. The third-order valence-corrected chi connectivity index (χ3v) is 3.69. The quantitative estimate of drug-likeness (QED) is 0.681. The van der Waals surface area contributed by atoms with E-state index in [-0.39, 0.29) is 24.1 Å². The van der Waals surface area contributed by atoms with Gasteiger partial charge < -0.3 is 20.5 Å². The van der Waals surface area contributed by atoms with Crippen LogP contribution in [0.15, 0.2) is 0 Å². The number of nitrogens with one attached hydrogen (secondary N) is 2. The lowest BCUT2D eigenvalue weighted by atomic mass is 9.86. The van der Waals surface area contributed by atoms with Gasteiger partial charge in [-0.05, 0) is 32.1 Å². The molecule has 1 saturated carbocycles. The fraction of sp³-hybridized carbons (Fsp3) is 0.846. The van der Waals surface area contributed by atoms with Crippen molar-refractivity contribution in [2.75, 3.05) is 13.7 Å². The zero-order valence-corrected chi connectivity index (χ0v) is 11.6. The molecule has 1 fully saturated rings. The first-order valence-corrected chi connectivity index (χ1v) is 6.86. The summed E-state index contributed by atoms with van der Waals surface area (Å²) < 4.78 is 5.17. The monoisotopic (exact) mass is 272 g/mol. The standard InChI is InChI=1S/C13H24N2O4/c1-3-11(19-2)8-14-13(18)15-10-6-4-9(5-7-10)12(16)17/h9-11H,3-8H2,1-2H3,(H,16,17)(H2,14,15,18). The topological polar surface area (TPSA) is 87.7 Å². The van der Waals surface area contributed by atoms with Crippen molar-refractivity contribution >= 4 is 12.0 Å². The molecule has 110 valence electrons. The van der Waals surface area contributed by atoms with Crippen LogP contribution in [0.4, 0.5) is 4.79 Å². The van der Waals surface area contributed by atoms with E-state index in [0.29, 0.717) is 19.4 Å². The summed E-state index contributed by atoms with van der Waals surface area (Å²) in [6.07, 6.45) is 3.61. The third-order valence-electron chi connectivity index (χ3n) is 3.69. The van der Waals surface area contributed by atoms with Crippen LogP contribution in [-0.4, -0.2) is 42.9 Å². The number of aliphatic carboxylic acids is 1. The van der Waals surface area contributed by atoms with E-state index in [1.54, 1.807) is 7.11 Å². The Hall–Kier alpha value is -1.30. The molecule has 0 bridgehead atoms. The van der Waals surface area contributed by atoms with Gasteiger partial charge >= 0.3 is 12.0 Å². The first-order valence-electron chi connectivity index (χ1n) is 6.86. The number of hydrogen-bond donors (Lipinski definition) is 3. The van der Waals surface area contributed by atoms with Crippen molar-refractivity contribution in [2.45, 2.75) is 51.2 Å². The minimum Gasteiger partial charge on any atom is -0.481 e. The number of amides is 2. The van der Waals surface area contributed by atoms with Gasteiger partial charge in [-0.25, -0.2) is 4.79 Å². The molecule has 0 spiro atoms. The molecule has 19 heavy (non-hydrogen) atoms. The minimum absolute atomic E-state index is 0.0356. The van der Waals surface area contributed by atoms with Crippen molar-refractivity contribution in [3.05, 3.63) is 0 Å². The van der Waals surface area contributed by atoms with Gasteiger partial charge in [0, 0.05) is 19.7 Å². The number of carboxylic acid groups (broad SMARTS) is 1. The van der Waals surface area contributed by atoms with E-state index < -0.39 is 5.97 Å². The van der Waals surface area contributed by atoms with Crippen LogP contribution in [0.5, 0.6) is 0 Å². The van der Waals surface area contributed by atoms with Gasteiger partial charge in [-0.1, -0.05) is 6.92 Å². The van der Waals surface area contributed by atoms with Gasteiger partial charge in [-0.3, -0.25) is 4.79 Å². The minimum atomic E-state index is -0.728. The van der Waals surface area contributed by atoms with Gasteiger partial charge in [0.05, 0.1) is 12.0 Å². The van der Waals surface area contributed by atoms with Crippen LogP contribution in [0.25, 0.3) is 0 Å². The summed E-state index contributed by atoms with van der Waals surface area (Å²) in [5.74, 6) is -0.979. The third kappa shape index (κ3) is 5.46. The molecule has 0 aromatic rings. The van der Waals surface area contributed by atoms with Gasteiger partial charge in [0.2, 0.25) is 0 Å². The first kappa shape index (κ1) is 15.8. The molecule has 0 saturated heterocycles. The molecule has 1 aliphatic rings. The van der Waals surface area contributed by atoms with Gasteiger partial charge in [0.1, 0.15) is 0 Å². The second-order valence-corrected chi connectivity index (χ2v) is 5.01. The highest BCUT2D eigenvalue weighted by Crippen LogP contribution is 2.24. The molecule has 1 aliphatic carbocycles. The number of methoxy groups -OCH3 is 1. The Kier molecular flexibility index (Phi) is 6.62. The van der Waals surface area contributed by atoms with Crippen LogP contribution in [0.2, 0.25) is 0 Å². The van der Waals surface area contributed by atoms with Gasteiger partial charge in [0.15, 0.2) is 0 Å². The summed E-state index contributed by atoms with van der Waals surface area (Å²) in [6, 6.07) is -0.118. The molecule has 6 heteroatoms. The zero-order chi connectivity index (χ0) is 14.3. The van der Waals surface area contributed by atoms with Gasteiger partial charge in [0.25, 0.3) is 0 Å². The summed E-state index contributed by atoms with van der Waals surface area (Å²) in [5, 5.41) is 14.6. The highest BCUT2D eigenvalue weighted by Gasteiger charge is 2.26. The van der Waals surface area contributed by atoms with Crippen LogP contribution < -0.4 is 10.6 Å². The van der Waals surface area contributed by atoms with E-state index in [4.69, 9.17) is 9.84 Å². The summed E-state index contributed by atoms with van der Waals surface area (Å²) >= 11 is 0. The molecule has 0 aromatic carbocycles. The zero-order valence-electron chi connectivity index (χ0n) is 11.6. The number of ether oxygens (including phenoxy) is 1. The van der Waals surface area contributed by atoms with Crippen molar-refractivity contribution in [1.82, 2.24) is 10.6 Å². The van der Waals surface area contributed by atoms with E-state index in [1.165, 1.54) is 0 Å². The van der Waals surface area contributed by atoms with Crippen molar-refractivity contribution < 1.29 is 19.4 Å². The highest BCUT2D eigenvalue weighted by molar-refractivity contribution is 5.74. The molecule has 0 aromatic heterocycles. The van der Waals surface area contributed by atoms with E-state index in [2.05, 4.69) is 10.6 Å². The van der Waals surface area contributed by atoms with Crippen LogP contribution >= 0.6 is 0 Å². The SMILES string of the molecule is CCC(CNC(=O)NC1CCC(C(=O)O)CC1)OC. The maximum Gasteiger partial charge on any atom is 0.315 e. The maximum atomic E-state index is 11.7. The lowest BCUT2D eigenvalue weighted by Crippen LogP contribution is -2.46. The van der Waals surface area contributed by atoms with Gasteiger partial charge in [-0.15, -0.1) is 0 Å². The van der Waals surface area contributed by atoms with E-state index >= 15 is 0 Å². The van der Waals surface area contributed by atoms with Crippen LogP contribution in [0.3, 0.4) is 0 Å². The fourth-order valence-corrected chi connectivity index (χ4v) is 2.32. The lowest BCUT2D eigenvalue weighted by molar-refractivity contribution is -0.142. The van der Waals surface area contributed by atoms with Crippen LogP contribution in [0.1, 0.15) is 39.0 Å². The Labute approximate surface area is 113 Å². The van der Waals surface area contributed by atoms with E-state index in [1.807, 2.05) is 6.92 Å². The Morgan fingerprint density at radius 1 is 1.32 bits per heavy atom. The average molecular weight is 272 g/mol. The number of urea groups is 1. The molecule has 1 atom stereocenters. The molecule has 0 radical (unpaired) electrons. The molecule has 6 nitrogen and oxygen atoms in total. The Morgan fingerprint density at radius 3 is 2.42 bits per heavy atom. The molecule has 0 aliphatic heterocycles. The molecule has 0 heterocycles. The fourth-order valence-electron chi connectivity index (χ4n) is 2.32. The highest BCUT2D eigenvalue weighted by atomic mass is 16.5. The second-order valence-electron chi connectivity index (χ2n) is 5.01. The van der Waals surface area contributed by atoms with Crippen molar-refractivity contribution in [1.29, 1.82) is 0 Å². The average Bonchev–Trinajstić information content (AvgIpc) is 2.40. The molecule has 1 rings (SSSR count). The lowest BCUT2D eigenvalue weighted by Gasteiger charge is -2.27. The Balaban J connectivity index is 2.21. The van der Waals surface area contributed by atoms with Crippen LogP contribution in [0, 0.1) is 5.92 Å². The number of hydrogen-bond acceptors (Lipinski definition) is 3. The van der Waals surface area contributed by atoms with E-state index in [9.17, 15) is 9.59 Å². The predicted octanol–water partition coefficient (Wildman–Crippen LogP) is 1.35. The Bertz CT molecular complexity index is 297. The summed E-state index contributed by atoms with van der Waals surface area (Å²) in [4.78, 5) is 22.5. The predicted molar refractivity (Wildman–Crippen MR) is 71.0 cm³/mol. The largest absolute Gasteiger partial charge is 0.481 e. The molecule has 2 amide bonds. The van der Waals surface area contributed by atoms with Crippen molar-refractivity contribution in [2.24, 2.45) is 5.92 Å². The number of carbonyl (C=O) groups is 2. The summed E-state index contributed by atoms with van der Waals surface area (Å²) in [5.41, 5.74) is 0. The first-order chi connectivity index (χ1) is 9.06. The van der Waals surface area contributed by atoms with Crippen LogP contribution in [-0.2, 0) is 9.53 Å². The number of rotatable bonds is 6. The Morgan fingerprint density at radius 2 is 1.95 bits per heavy atom. The smallest absolute Gasteiger partial charge is 0.315 e. The molecule has 1 unspecified atom stereocenters. The van der Waals surface area contributed by atoms with E-state index in [0.717, 1.165) is 19.3 Å². The molecular weight excluding hydrogens is 248 g/mol. The summed E-state index contributed by atoms with van der Waals surface area (Å²) in [6.45, 7) is 2.49. The van der Waals surface area contributed by atoms with Crippen molar-refractivity contribution in [3.63, 3.8) is 0 Å². The molecular formula is C13H24N2O4. The van der Waals surface area contributed by atoms with Gasteiger partial charge in [-0.2, -0.15) is 0 Å². The summed E-state index contributed by atoms with van der Waals surface area (Å²) in [7, 11) is 1.63. The normalized spacial score (nSPS) is 24.5. The molecule has 3 N–H and O–H groups in total. The second kappa shape index (κ2) is 7.99. The number of carboxylic acids is 1.